The summed E-state index contributed by atoms with van der Waals surface area (Å²) < 4.78 is 34.9. The fourth-order valence-electron chi connectivity index (χ4n) is 5.99. The van der Waals surface area contributed by atoms with E-state index < -0.39 is 28.5 Å². The molecule has 0 bridgehead atoms. The lowest BCUT2D eigenvalue weighted by molar-refractivity contribution is -0.140. The maximum Gasteiger partial charge on any atom is 0.264 e. The number of hydrogen-bond donors (Lipinski definition) is 1. The number of halogens is 1. The highest BCUT2D eigenvalue weighted by Crippen LogP contribution is 2.32. The maximum atomic E-state index is 14.7. The molecule has 1 aliphatic rings. The molecule has 5 rings (SSSR count). The van der Waals surface area contributed by atoms with Crippen molar-refractivity contribution in [1.29, 1.82) is 0 Å². The second-order valence-corrected chi connectivity index (χ2v) is 14.6. The molecular weight excluding hydrogens is 646 g/mol. The number of aryl methyl sites for hydroxylation is 2. The first-order valence-electron chi connectivity index (χ1n) is 16.2. The second-order valence-electron chi connectivity index (χ2n) is 12.3. The fourth-order valence-corrected chi connectivity index (χ4v) is 7.65. The van der Waals surface area contributed by atoms with E-state index in [0.717, 1.165) is 52.2 Å². The van der Waals surface area contributed by atoms with Crippen molar-refractivity contribution in [1.82, 2.24) is 10.2 Å². The van der Waals surface area contributed by atoms with Crippen LogP contribution < -0.4 is 14.4 Å². The van der Waals surface area contributed by atoms with Crippen LogP contribution in [0.1, 0.15) is 47.9 Å². The molecule has 1 aliphatic carbocycles. The Labute approximate surface area is 288 Å². The summed E-state index contributed by atoms with van der Waals surface area (Å²) in [7, 11) is -2.78. The molecule has 0 radical (unpaired) electrons. The van der Waals surface area contributed by atoms with Gasteiger partial charge in [0.1, 0.15) is 18.3 Å². The molecule has 0 heterocycles. The molecule has 252 valence electrons. The number of rotatable bonds is 13. The molecule has 0 unspecified atom stereocenters. The van der Waals surface area contributed by atoms with E-state index in [2.05, 4.69) is 5.32 Å². The van der Waals surface area contributed by atoms with Gasteiger partial charge >= 0.3 is 0 Å². The third-order valence-electron chi connectivity index (χ3n) is 8.76. The minimum atomic E-state index is -4.25. The van der Waals surface area contributed by atoms with Crippen LogP contribution in [0.5, 0.6) is 5.75 Å². The summed E-state index contributed by atoms with van der Waals surface area (Å²) >= 11 is 6.48. The van der Waals surface area contributed by atoms with Gasteiger partial charge in [-0.25, -0.2) is 8.42 Å². The van der Waals surface area contributed by atoms with E-state index in [1.807, 2.05) is 68.4 Å². The minimum Gasteiger partial charge on any atom is -0.495 e. The maximum absolute atomic E-state index is 14.7. The first-order chi connectivity index (χ1) is 23.0. The van der Waals surface area contributed by atoms with E-state index in [4.69, 9.17) is 16.3 Å². The van der Waals surface area contributed by atoms with Crippen molar-refractivity contribution in [2.75, 3.05) is 18.0 Å². The van der Waals surface area contributed by atoms with E-state index in [9.17, 15) is 18.0 Å². The number of nitrogens with zero attached hydrogens (tertiary/aromatic N) is 2. The quantitative estimate of drug-likeness (QED) is 0.166. The standard InChI is InChI=1S/C38H42ClN3O5S/c1-27-13-17-30(18-14-27)25-41(35(23-29-9-5-4-6-10-29)38(44)40-31-11-7-8-12-31)37(43)26-42(32-19-22-36(47-3)34(39)24-32)48(45,46)33-20-15-28(2)16-21-33/h4-6,9-10,13-22,24,31,35H,7-8,11-12,23,25-26H2,1-3H3,(H,40,44)/t35-/m0/s1. The zero-order valence-electron chi connectivity index (χ0n) is 27.6. The van der Waals surface area contributed by atoms with E-state index in [-0.39, 0.29) is 40.5 Å². The number of methoxy groups -OCH3 is 1. The average Bonchev–Trinajstić information content (AvgIpc) is 3.59. The van der Waals surface area contributed by atoms with Crippen LogP contribution >= 0.6 is 11.6 Å². The van der Waals surface area contributed by atoms with Crippen molar-refractivity contribution in [3.8, 4) is 5.75 Å². The Bertz CT molecular complexity index is 1810. The molecular formula is C38H42ClN3O5S. The Morgan fingerprint density at radius 2 is 1.50 bits per heavy atom. The molecule has 1 atom stereocenters. The SMILES string of the molecule is COc1ccc(N(CC(=O)N(Cc2ccc(C)cc2)[C@@H](Cc2ccccc2)C(=O)NC2CCCC2)S(=O)(=O)c2ccc(C)cc2)cc1Cl. The number of amides is 2. The van der Waals surface area contributed by atoms with Crippen molar-refractivity contribution in [2.45, 2.75) is 69.5 Å². The Morgan fingerprint density at radius 3 is 2.10 bits per heavy atom. The molecule has 2 amide bonds. The van der Waals surface area contributed by atoms with Gasteiger partial charge in [-0.2, -0.15) is 0 Å². The normalized spacial score (nSPS) is 13.9. The first kappa shape index (κ1) is 35.0. The van der Waals surface area contributed by atoms with Gasteiger partial charge < -0.3 is 15.0 Å². The van der Waals surface area contributed by atoms with E-state index >= 15 is 0 Å². The largest absolute Gasteiger partial charge is 0.495 e. The lowest BCUT2D eigenvalue weighted by Gasteiger charge is -2.34. The Kier molecular flexibility index (Phi) is 11.4. The van der Waals surface area contributed by atoms with Crippen LogP contribution in [0.25, 0.3) is 0 Å². The molecule has 0 aliphatic heterocycles. The molecule has 0 spiro atoms. The number of hydrogen-bond acceptors (Lipinski definition) is 5. The van der Waals surface area contributed by atoms with E-state index in [1.165, 1.54) is 30.2 Å². The summed E-state index contributed by atoms with van der Waals surface area (Å²) in [5.74, 6) is -0.417. The number of nitrogens with one attached hydrogen (secondary N) is 1. The molecule has 0 saturated heterocycles. The second kappa shape index (κ2) is 15.7. The minimum absolute atomic E-state index is 0.0257. The van der Waals surface area contributed by atoms with Crippen LogP contribution in [0.2, 0.25) is 5.02 Å². The summed E-state index contributed by atoms with van der Waals surface area (Å²) in [6, 6.07) is 27.5. The number of anilines is 1. The lowest BCUT2D eigenvalue weighted by Crippen LogP contribution is -2.54. The van der Waals surface area contributed by atoms with Gasteiger partial charge in [-0.15, -0.1) is 0 Å². The molecule has 0 aromatic heterocycles. The van der Waals surface area contributed by atoms with Crippen molar-refractivity contribution < 1.29 is 22.7 Å². The predicted molar refractivity (Wildman–Crippen MR) is 190 cm³/mol. The van der Waals surface area contributed by atoms with Gasteiger partial charge in [-0.05, 0) is 68.1 Å². The summed E-state index contributed by atoms with van der Waals surface area (Å²) in [4.78, 5) is 30.4. The third kappa shape index (κ3) is 8.57. The zero-order valence-corrected chi connectivity index (χ0v) is 29.1. The van der Waals surface area contributed by atoms with Gasteiger partial charge in [0, 0.05) is 19.0 Å². The Balaban J connectivity index is 1.58. The molecule has 1 fully saturated rings. The van der Waals surface area contributed by atoms with Crippen LogP contribution in [0.4, 0.5) is 5.69 Å². The van der Waals surface area contributed by atoms with E-state index in [1.54, 1.807) is 24.3 Å². The molecule has 1 N–H and O–H groups in total. The van der Waals surface area contributed by atoms with Gasteiger partial charge in [-0.1, -0.05) is 102 Å². The van der Waals surface area contributed by atoms with Crippen molar-refractivity contribution in [2.24, 2.45) is 0 Å². The zero-order chi connectivity index (χ0) is 34.3. The lowest BCUT2D eigenvalue weighted by atomic mass is 10.0. The van der Waals surface area contributed by atoms with Crippen LogP contribution in [0.3, 0.4) is 0 Å². The summed E-state index contributed by atoms with van der Waals surface area (Å²) in [5.41, 5.74) is 3.85. The van der Waals surface area contributed by atoms with Gasteiger partial charge in [0.25, 0.3) is 10.0 Å². The molecule has 4 aromatic carbocycles. The number of benzene rings is 4. The smallest absolute Gasteiger partial charge is 0.264 e. The predicted octanol–water partition coefficient (Wildman–Crippen LogP) is 6.86. The average molecular weight is 688 g/mol. The number of carbonyl (C=O) groups excluding carboxylic acids is 2. The third-order valence-corrected chi connectivity index (χ3v) is 10.8. The molecule has 4 aromatic rings. The van der Waals surface area contributed by atoms with E-state index in [0.29, 0.717) is 5.75 Å². The van der Waals surface area contributed by atoms with Gasteiger partial charge in [0.2, 0.25) is 11.8 Å². The summed E-state index contributed by atoms with van der Waals surface area (Å²) in [5, 5.41) is 3.40. The van der Waals surface area contributed by atoms with Gasteiger partial charge in [-0.3, -0.25) is 13.9 Å². The number of ether oxygens (including phenoxy) is 1. The van der Waals surface area contributed by atoms with Crippen LogP contribution in [-0.4, -0.2) is 50.9 Å². The van der Waals surface area contributed by atoms with Crippen molar-refractivity contribution in [3.63, 3.8) is 0 Å². The molecule has 10 heteroatoms. The van der Waals surface area contributed by atoms with Gasteiger partial charge in [0.05, 0.1) is 22.7 Å². The van der Waals surface area contributed by atoms with Crippen molar-refractivity contribution in [3.05, 3.63) is 124 Å². The highest BCUT2D eigenvalue weighted by Gasteiger charge is 2.35. The Morgan fingerprint density at radius 1 is 0.875 bits per heavy atom. The fraction of sp³-hybridized carbons (Fsp3) is 0.316. The van der Waals surface area contributed by atoms with Gasteiger partial charge in [0.15, 0.2) is 0 Å². The molecule has 48 heavy (non-hydrogen) atoms. The first-order valence-corrected chi connectivity index (χ1v) is 18.0. The highest BCUT2D eigenvalue weighted by atomic mass is 35.5. The monoisotopic (exact) mass is 687 g/mol. The molecule has 1 saturated carbocycles. The van der Waals surface area contributed by atoms with Crippen molar-refractivity contribution >= 4 is 39.1 Å². The Hall–Kier alpha value is -4.34. The summed E-state index contributed by atoms with van der Waals surface area (Å²) in [6.45, 7) is 3.39. The summed E-state index contributed by atoms with van der Waals surface area (Å²) in [6.07, 6.45) is 4.11. The number of sulfonamides is 1. The molecule has 8 nitrogen and oxygen atoms in total. The number of carbonyl (C=O) groups is 2. The van der Waals surface area contributed by atoms with Crippen LogP contribution in [0, 0.1) is 13.8 Å². The van der Waals surface area contributed by atoms with Crippen LogP contribution in [0.15, 0.2) is 102 Å². The van der Waals surface area contributed by atoms with Crippen LogP contribution in [-0.2, 0) is 32.6 Å². The highest BCUT2D eigenvalue weighted by molar-refractivity contribution is 7.92. The topological polar surface area (TPSA) is 96.0 Å².